The van der Waals surface area contributed by atoms with Crippen molar-refractivity contribution in [2.24, 2.45) is 0 Å². The minimum atomic E-state index is -1.28. The topological polar surface area (TPSA) is 77.4 Å². The van der Waals surface area contributed by atoms with Crippen molar-refractivity contribution in [3.05, 3.63) is 59.7 Å². The monoisotopic (exact) mass is 627 g/mol. The molecule has 0 saturated heterocycles. The zero-order chi connectivity index (χ0) is 32.5. The van der Waals surface area contributed by atoms with Crippen LogP contribution in [0.25, 0.3) is 0 Å². The molecule has 5 nitrogen and oxygen atoms in total. The first-order chi connectivity index (χ1) is 21.3. The Bertz CT molecular complexity index is 932. The Kier molecular flexibility index (Phi) is 22.5. The van der Waals surface area contributed by atoms with E-state index < -0.39 is 11.9 Å². The fourth-order valence-corrected chi connectivity index (χ4v) is 6.80. The highest BCUT2D eigenvalue weighted by molar-refractivity contribution is 7.99. The van der Waals surface area contributed by atoms with E-state index in [1.807, 2.05) is 0 Å². The van der Waals surface area contributed by atoms with Crippen LogP contribution >= 0.6 is 11.8 Å². The second kappa shape index (κ2) is 24.9. The van der Waals surface area contributed by atoms with E-state index in [1.165, 1.54) is 146 Å². The molecule has 44 heavy (non-hydrogen) atoms. The normalized spacial score (nSPS) is 11.2. The van der Waals surface area contributed by atoms with Crippen LogP contribution in [-0.2, 0) is 0 Å². The number of hydrogen-bond donors (Lipinski definition) is 1. The van der Waals surface area contributed by atoms with Gasteiger partial charge in [0.15, 0.2) is 0 Å². The maximum Gasteiger partial charge on any atom is 0.336 e. The average molecular weight is 628 g/mol. The summed E-state index contributed by atoms with van der Waals surface area (Å²) in [5, 5.41) is 20.1. The molecule has 0 heterocycles. The molecule has 0 amide bonds. The zero-order valence-corrected chi connectivity index (χ0v) is 29.1. The number of nitrogens with zero attached hydrogens (tertiary/aromatic N) is 1. The molecule has 248 valence electrons. The molecule has 0 bridgehead atoms. The first-order valence-corrected chi connectivity index (χ1v) is 18.3. The lowest BCUT2D eigenvalue weighted by atomic mass is 10.1. The van der Waals surface area contributed by atoms with Gasteiger partial charge in [0.25, 0.3) is 0 Å². The molecule has 0 radical (unpaired) electrons. The maximum atomic E-state index is 11.1. The summed E-state index contributed by atoms with van der Waals surface area (Å²) in [7, 11) is 0. The lowest BCUT2D eigenvalue weighted by molar-refractivity contribution is -0.929. The molecule has 0 aliphatic heterocycles. The van der Waals surface area contributed by atoms with E-state index in [-0.39, 0.29) is 11.1 Å². The van der Waals surface area contributed by atoms with Crippen LogP contribution in [0.2, 0.25) is 0 Å². The Labute approximate surface area is 273 Å². The van der Waals surface area contributed by atoms with Crippen molar-refractivity contribution < 1.29 is 24.3 Å². The summed E-state index contributed by atoms with van der Waals surface area (Å²) in [6, 6.07) is 12.8. The molecule has 0 atom stereocenters. The average Bonchev–Trinajstić information content (AvgIpc) is 3.02. The van der Waals surface area contributed by atoms with Gasteiger partial charge in [0.05, 0.1) is 37.7 Å². The number of quaternary nitrogens is 1. The predicted molar refractivity (Wildman–Crippen MR) is 185 cm³/mol. The lowest BCUT2D eigenvalue weighted by Gasteiger charge is -2.39. The predicted octanol–water partition coefficient (Wildman–Crippen LogP) is 10.0. The minimum Gasteiger partial charge on any atom is -0.545 e. The van der Waals surface area contributed by atoms with Crippen LogP contribution in [-0.4, -0.2) is 47.7 Å². The number of unbranched alkanes of at least 4 members (excludes halogenated alkanes) is 12. The largest absolute Gasteiger partial charge is 0.545 e. The Hall–Kier alpha value is -2.31. The highest BCUT2D eigenvalue weighted by Crippen LogP contribution is 2.32. The van der Waals surface area contributed by atoms with Gasteiger partial charge in [0.1, 0.15) is 0 Å². The fraction of sp³-hybridized carbons (Fsp3) is 0.632. The maximum absolute atomic E-state index is 11.1. The van der Waals surface area contributed by atoms with Crippen LogP contribution in [0.4, 0.5) is 0 Å². The summed E-state index contributed by atoms with van der Waals surface area (Å²) in [6.45, 7) is 15.2. The summed E-state index contributed by atoms with van der Waals surface area (Å²) < 4.78 is 1.46. The molecule has 2 rings (SSSR count). The zero-order valence-electron chi connectivity index (χ0n) is 28.3. The van der Waals surface area contributed by atoms with Gasteiger partial charge in [-0.2, -0.15) is 0 Å². The Morgan fingerprint density at radius 3 is 1.25 bits per heavy atom. The second-order valence-electron chi connectivity index (χ2n) is 12.2. The van der Waals surface area contributed by atoms with E-state index in [0.29, 0.717) is 9.79 Å². The van der Waals surface area contributed by atoms with Crippen LogP contribution < -0.4 is 5.11 Å². The lowest BCUT2D eigenvalue weighted by Crippen LogP contribution is -2.50. The standard InChI is InChI=1S/C24H52N.C14H10O4S/c1-5-9-13-17-21-25(22-18-14-10-6-2,23-19-15-11-7-3)24-20-16-12-8-4;15-13(16)9-5-1-3-7-11(9)19-12-8-4-2-6-10(12)14(17)18/h5-24H2,1-4H3;1-8H,(H,15,16)(H,17,18)/q+1;/p-1. The summed E-state index contributed by atoms with van der Waals surface area (Å²) in [5.41, 5.74) is 0.188. The van der Waals surface area contributed by atoms with Crippen molar-refractivity contribution in [3.8, 4) is 0 Å². The molecule has 0 aliphatic carbocycles. The number of carboxylic acid groups (broad SMARTS) is 2. The molecule has 0 aromatic heterocycles. The van der Waals surface area contributed by atoms with E-state index in [2.05, 4.69) is 27.7 Å². The SMILES string of the molecule is CCCCCC[N+](CCCCCC)(CCCCCC)CCCCCC.O=C([O-])c1ccccc1Sc1ccccc1C(=O)O. The minimum absolute atomic E-state index is 0.0488. The molecule has 0 spiro atoms. The van der Waals surface area contributed by atoms with Gasteiger partial charge in [-0.05, 0) is 69.6 Å². The Morgan fingerprint density at radius 2 is 0.909 bits per heavy atom. The van der Waals surface area contributed by atoms with Gasteiger partial charge < -0.3 is 19.5 Å². The van der Waals surface area contributed by atoms with Gasteiger partial charge in [-0.1, -0.05) is 121 Å². The van der Waals surface area contributed by atoms with E-state index in [4.69, 9.17) is 5.11 Å². The third-order valence-electron chi connectivity index (χ3n) is 8.39. The van der Waals surface area contributed by atoms with Gasteiger partial charge in [0, 0.05) is 15.4 Å². The molecule has 2 aromatic rings. The van der Waals surface area contributed by atoms with Gasteiger partial charge >= 0.3 is 5.97 Å². The molecular formula is C38H61NO4S. The van der Waals surface area contributed by atoms with E-state index in [1.54, 1.807) is 36.4 Å². The first-order valence-electron chi connectivity index (χ1n) is 17.5. The third kappa shape index (κ3) is 16.7. The third-order valence-corrected chi connectivity index (χ3v) is 9.54. The van der Waals surface area contributed by atoms with Crippen LogP contribution in [0, 0.1) is 0 Å². The molecule has 0 aliphatic rings. The quantitative estimate of drug-likeness (QED) is 0.0926. The van der Waals surface area contributed by atoms with Crippen molar-refractivity contribution in [1.82, 2.24) is 0 Å². The summed E-state index contributed by atoms with van der Waals surface area (Å²) >= 11 is 1.10. The van der Waals surface area contributed by atoms with Crippen LogP contribution in [0.3, 0.4) is 0 Å². The molecule has 0 saturated carbocycles. The van der Waals surface area contributed by atoms with E-state index >= 15 is 0 Å². The first kappa shape index (κ1) is 39.7. The fourth-order valence-electron chi connectivity index (χ4n) is 5.74. The summed E-state index contributed by atoms with van der Waals surface area (Å²) in [5.74, 6) is -2.33. The highest BCUT2D eigenvalue weighted by Gasteiger charge is 2.25. The van der Waals surface area contributed by atoms with Crippen molar-refractivity contribution >= 4 is 23.7 Å². The van der Waals surface area contributed by atoms with Gasteiger partial charge in [-0.3, -0.25) is 0 Å². The Morgan fingerprint density at radius 1 is 0.568 bits per heavy atom. The molecule has 0 unspecified atom stereocenters. The summed E-state index contributed by atoms with van der Waals surface area (Å²) in [4.78, 5) is 23.0. The van der Waals surface area contributed by atoms with Gasteiger partial charge in [0.2, 0.25) is 0 Å². The molecule has 1 N–H and O–H groups in total. The van der Waals surface area contributed by atoms with Crippen LogP contribution in [0.1, 0.15) is 151 Å². The highest BCUT2D eigenvalue weighted by atomic mass is 32.2. The summed E-state index contributed by atoms with van der Waals surface area (Å²) in [6.07, 6.45) is 22.8. The second-order valence-corrected chi connectivity index (χ2v) is 13.2. The molecular weight excluding hydrogens is 566 g/mol. The van der Waals surface area contributed by atoms with Crippen LogP contribution in [0.5, 0.6) is 0 Å². The molecule has 0 fully saturated rings. The number of rotatable bonds is 24. The number of carbonyl (C=O) groups excluding carboxylic acids is 1. The van der Waals surface area contributed by atoms with Gasteiger partial charge in [-0.15, -0.1) is 0 Å². The molecule has 2 aromatic carbocycles. The van der Waals surface area contributed by atoms with Gasteiger partial charge in [-0.25, -0.2) is 4.79 Å². The van der Waals surface area contributed by atoms with Crippen molar-refractivity contribution in [3.63, 3.8) is 0 Å². The van der Waals surface area contributed by atoms with Crippen molar-refractivity contribution in [2.45, 2.75) is 140 Å². The smallest absolute Gasteiger partial charge is 0.336 e. The number of carbonyl (C=O) groups is 2. The van der Waals surface area contributed by atoms with E-state index in [0.717, 1.165) is 11.8 Å². The number of benzene rings is 2. The molecule has 6 heteroatoms. The van der Waals surface area contributed by atoms with E-state index in [9.17, 15) is 14.7 Å². The number of carboxylic acids is 2. The van der Waals surface area contributed by atoms with Crippen LogP contribution in [0.15, 0.2) is 58.3 Å². The van der Waals surface area contributed by atoms with Crippen molar-refractivity contribution in [2.75, 3.05) is 26.2 Å². The number of aromatic carboxylic acids is 2. The number of hydrogen-bond acceptors (Lipinski definition) is 4. The Balaban J connectivity index is 0.000000454. The van der Waals surface area contributed by atoms with Crippen molar-refractivity contribution in [1.29, 1.82) is 0 Å².